The van der Waals surface area contributed by atoms with E-state index < -0.39 is 0 Å². The van der Waals surface area contributed by atoms with Gasteiger partial charge in [-0.2, -0.15) is 0 Å². The number of amides is 1. The zero-order valence-electron chi connectivity index (χ0n) is 14.9. The molecule has 1 saturated heterocycles. The third-order valence-corrected chi connectivity index (χ3v) is 5.81. The lowest BCUT2D eigenvalue weighted by Gasteiger charge is -2.36. The summed E-state index contributed by atoms with van der Waals surface area (Å²) in [4.78, 5) is 21.5. The van der Waals surface area contributed by atoms with E-state index in [0.717, 1.165) is 29.9 Å². The Labute approximate surface area is 156 Å². The number of rotatable bonds is 3. The summed E-state index contributed by atoms with van der Waals surface area (Å²) in [7, 11) is 1.63. The zero-order valence-corrected chi connectivity index (χ0v) is 15.8. The van der Waals surface area contributed by atoms with Crippen LogP contribution in [0.25, 0.3) is 10.2 Å². The summed E-state index contributed by atoms with van der Waals surface area (Å²) in [5.74, 6) is 0.824. The standard InChI is InChI=1S/C20H21N3O2S/c1-14-3-4-15(13-18(14)25-2)20(24)23-10-8-22(9-11-23)17-5-7-21-16-6-12-26-19(16)17/h3-7,12-13H,8-11H2,1-2H3. The molecule has 0 aliphatic carbocycles. The molecule has 4 rings (SSSR count). The maximum absolute atomic E-state index is 12.8. The quantitative estimate of drug-likeness (QED) is 0.710. The Morgan fingerprint density at radius 1 is 1.15 bits per heavy atom. The first-order valence-corrected chi connectivity index (χ1v) is 9.56. The number of hydrogen-bond acceptors (Lipinski definition) is 5. The summed E-state index contributed by atoms with van der Waals surface area (Å²) in [5.41, 5.74) is 3.98. The van der Waals surface area contributed by atoms with Crippen LogP contribution >= 0.6 is 11.3 Å². The number of piperazine rings is 1. The summed E-state index contributed by atoms with van der Waals surface area (Å²) in [6.45, 7) is 5.05. The molecule has 1 amide bonds. The Morgan fingerprint density at radius 3 is 2.73 bits per heavy atom. The van der Waals surface area contributed by atoms with Crippen LogP contribution in [0.2, 0.25) is 0 Å². The number of carbonyl (C=O) groups is 1. The second kappa shape index (κ2) is 6.96. The molecule has 1 fully saturated rings. The Bertz CT molecular complexity index is 945. The Balaban J connectivity index is 1.48. The van der Waals surface area contributed by atoms with E-state index in [0.29, 0.717) is 18.7 Å². The molecule has 5 nitrogen and oxygen atoms in total. The number of benzene rings is 1. The van der Waals surface area contributed by atoms with Crippen LogP contribution in [0, 0.1) is 6.92 Å². The molecular weight excluding hydrogens is 346 g/mol. The van der Waals surface area contributed by atoms with Crippen LogP contribution < -0.4 is 9.64 Å². The predicted octanol–water partition coefficient (Wildman–Crippen LogP) is 3.58. The van der Waals surface area contributed by atoms with Gasteiger partial charge in [0, 0.05) is 37.9 Å². The maximum atomic E-state index is 12.8. The summed E-state index contributed by atoms with van der Waals surface area (Å²) >= 11 is 1.72. The van der Waals surface area contributed by atoms with E-state index in [1.807, 2.05) is 42.3 Å². The summed E-state index contributed by atoms with van der Waals surface area (Å²) in [6.07, 6.45) is 1.86. The van der Waals surface area contributed by atoms with E-state index in [9.17, 15) is 4.79 Å². The molecule has 3 heterocycles. The molecule has 1 aromatic carbocycles. The molecule has 0 atom stereocenters. The second-order valence-electron chi connectivity index (χ2n) is 6.43. The molecular formula is C20H21N3O2S. The van der Waals surface area contributed by atoms with Crippen molar-refractivity contribution in [2.45, 2.75) is 6.92 Å². The van der Waals surface area contributed by atoms with Gasteiger partial charge in [0.2, 0.25) is 0 Å². The molecule has 0 unspecified atom stereocenters. The average Bonchev–Trinajstić information content (AvgIpc) is 3.17. The fourth-order valence-electron chi connectivity index (χ4n) is 3.39. The Kier molecular flexibility index (Phi) is 4.51. The molecule has 6 heteroatoms. The average molecular weight is 367 g/mol. The van der Waals surface area contributed by atoms with E-state index in [4.69, 9.17) is 4.74 Å². The molecule has 1 aliphatic heterocycles. The van der Waals surface area contributed by atoms with Crippen molar-refractivity contribution >= 4 is 33.1 Å². The van der Waals surface area contributed by atoms with Gasteiger partial charge in [0.05, 0.1) is 23.0 Å². The van der Waals surface area contributed by atoms with Crippen molar-refractivity contribution in [3.63, 3.8) is 0 Å². The third kappa shape index (κ3) is 3.01. The number of aromatic nitrogens is 1. The van der Waals surface area contributed by atoms with Crippen LogP contribution in [0.3, 0.4) is 0 Å². The van der Waals surface area contributed by atoms with E-state index in [2.05, 4.69) is 21.3 Å². The van der Waals surface area contributed by atoms with Gasteiger partial charge in [0.25, 0.3) is 5.91 Å². The molecule has 3 aromatic rings. The number of nitrogens with zero attached hydrogens (tertiary/aromatic N) is 3. The van der Waals surface area contributed by atoms with E-state index in [-0.39, 0.29) is 5.91 Å². The summed E-state index contributed by atoms with van der Waals surface area (Å²) < 4.78 is 6.57. The van der Waals surface area contributed by atoms with Gasteiger partial charge in [0.1, 0.15) is 5.75 Å². The first-order chi connectivity index (χ1) is 12.7. The van der Waals surface area contributed by atoms with Crippen molar-refractivity contribution in [1.29, 1.82) is 0 Å². The lowest BCUT2D eigenvalue weighted by molar-refractivity contribution is 0.0746. The number of fused-ring (bicyclic) bond motifs is 1. The highest BCUT2D eigenvalue weighted by Gasteiger charge is 2.24. The van der Waals surface area contributed by atoms with Crippen molar-refractivity contribution in [3.05, 3.63) is 53.0 Å². The van der Waals surface area contributed by atoms with Crippen LogP contribution in [-0.2, 0) is 0 Å². The van der Waals surface area contributed by atoms with E-state index in [1.54, 1.807) is 18.4 Å². The molecule has 134 valence electrons. The highest BCUT2D eigenvalue weighted by atomic mass is 32.1. The normalized spacial score (nSPS) is 14.7. The largest absolute Gasteiger partial charge is 0.496 e. The van der Waals surface area contributed by atoms with E-state index >= 15 is 0 Å². The molecule has 1 aliphatic rings. The minimum absolute atomic E-state index is 0.0685. The minimum atomic E-state index is 0.0685. The van der Waals surface area contributed by atoms with Crippen molar-refractivity contribution in [2.24, 2.45) is 0 Å². The highest BCUT2D eigenvalue weighted by Crippen LogP contribution is 2.30. The van der Waals surface area contributed by atoms with Gasteiger partial charge in [-0.15, -0.1) is 11.3 Å². The lowest BCUT2D eigenvalue weighted by atomic mass is 10.1. The number of ether oxygens (including phenoxy) is 1. The van der Waals surface area contributed by atoms with Crippen molar-refractivity contribution in [2.75, 3.05) is 38.2 Å². The smallest absolute Gasteiger partial charge is 0.254 e. The van der Waals surface area contributed by atoms with Gasteiger partial charge in [-0.1, -0.05) is 6.07 Å². The summed E-state index contributed by atoms with van der Waals surface area (Å²) in [6, 6.07) is 9.77. The van der Waals surface area contributed by atoms with Crippen LogP contribution in [0.15, 0.2) is 41.9 Å². The molecule has 0 N–H and O–H groups in total. The van der Waals surface area contributed by atoms with E-state index in [1.165, 1.54) is 10.4 Å². The third-order valence-electron chi connectivity index (χ3n) is 4.89. The first-order valence-electron chi connectivity index (χ1n) is 8.68. The van der Waals surface area contributed by atoms with Crippen LogP contribution in [0.1, 0.15) is 15.9 Å². The van der Waals surface area contributed by atoms with Gasteiger partial charge >= 0.3 is 0 Å². The van der Waals surface area contributed by atoms with Gasteiger partial charge in [-0.05, 0) is 42.1 Å². The maximum Gasteiger partial charge on any atom is 0.254 e. The molecule has 0 radical (unpaired) electrons. The summed E-state index contributed by atoms with van der Waals surface area (Å²) in [5, 5.41) is 2.08. The molecule has 0 saturated carbocycles. The first kappa shape index (κ1) is 16.8. The predicted molar refractivity (Wildman–Crippen MR) is 105 cm³/mol. The number of aryl methyl sites for hydroxylation is 1. The van der Waals surface area contributed by atoms with Gasteiger partial charge in [0.15, 0.2) is 0 Å². The van der Waals surface area contributed by atoms with Crippen molar-refractivity contribution < 1.29 is 9.53 Å². The number of pyridine rings is 1. The number of hydrogen-bond donors (Lipinski definition) is 0. The zero-order chi connectivity index (χ0) is 18.1. The SMILES string of the molecule is COc1cc(C(=O)N2CCN(c3ccnc4ccsc34)CC2)ccc1C. The second-order valence-corrected chi connectivity index (χ2v) is 7.34. The fourth-order valence-corrected chi connectivity index (χ4v) is 4.29. The monoisotopic (exact) mass is 367 g/mol. The number of thiophene rings is 1. The minimum Gasteiger partial charge on any atom is -0.496 e. The number of carbonyl (C=O) groups excluding carboxylic acids is 1. The number of methoxy groups -OCH3 is 1. The highest BCUT2D eigenvalue weighted by molar-refractivity contribution is 7.17. The van der Waals surface area contributed by atoms with Crippen LogP contribution in [0.4, 0.5) is 5.69 Å². The lowest BCUT2D eigenvalue weighted by Crippen LogP contribution is -2.48. The molecule has 0 bridgehead atoms. The Hall–Kier alpha value is -2.60. The van der Waals surface area contributed by atoms with Crippen molar-refractivity contribution in [1.82, 2.24) is 9.88 Å². The van der Waals surface area contributed by atoms with Gasteiger partial charge in [-0.3, -0.25) is 9.78 Å². The topological polar surface area (TPSA) is 45.7 Å². The number of anilines is 1. The van der Waals surface area contributed by atoms with Crippen molar-refractivity contribution in [3.8, 4) is 5.75 Å². The fraction of sp³-hybridized carbons (Fsp3) is 0.300. The van der Waals surface area contributed by atoms with Gasteiger partial charge in [-0.25, -0.2) is 0 Å². The Morgan fingerprint density at radius 2 is 1.96 bits per heavy atom. The van der Waals surface area contributed by atoms with Gasteiger partial charge < -0.3 is 14.5 Å². The molecule has 0 spiro atoms. The van der Waals surface area contributed by atoms with Crippen LogP contribution in [0.5, 0.6) is 5.75 Å². The molecule has 2 aromatic heterocycles. The van der Waals surface area contributed by atoms with Crippen LogP contribution in [-0.4, -0.2) is 49.1 Å². The molecule has 26 heavy (non-hydrogen) atoms.